The van der Waals surface area contributed by atoms with Crippen LogP contribution < -0.4 is 5.32 Å². The molecule has 2 atom stereocenters. The average molecular weight is 836 g/mol. The number of unbranched alkanes of at least 4 members (excludes halogenated alkanes) is 39. The fourth-order valence-corrected chi connectivity index (χ4v) is 8.52. The number of aliphatic hydroxyl groups excluding tert-OH is 2. The topological polar surface area (TPSA) is 95.9 Å². The number of carbonyl (C=O) groups is 2. The van der Waals surface area contributed by atoms with Crippen molar-refractivity contribution >= 4 is 11.9 Å². The van der Waals surface area contributed by atoms with Crippen LogP contribution >= 0.6 is 0 Å². The Morgan fingerprint density at radius 2 is 0.695 bits per heavy atom. The van der Waals surface area contributed by atoms with E-state index >= 15 is 0 Å². The molecule has 59 heavy (non-hydrogen) atoms. The summed E-state index contributed by atoms with van der Waals surface area (Å²) in [7, 11) is 0. The highest BCUT2D eigenvalue weighted by Gasteiger charge is 2.20. The van der Waals surface area contributed by atoms with E-state index in [1.54, 1.807) is 0 Å². The van der Waals surface area contributed by atoms with Crippen LogP contribution in [0.1, 0.15) is 303 Å². The van der Waals surface area contributed by atoms with E-state index in [-0.39, 0.29) is 18.5 Å². The third-order valence-corrected chi connectivity index (χ3v) is 12.7. The van der Waals surface area contributed by atoms with Crippen LogP contribution in [0.4, 0.5) is 0 Å². The lowest BCUT2D eigenvalue weighted by Gasteiger charge is -2.22. The van der Waals surface area contributed by atoms with Crippen LogP contribution in [-0.4, -0.2) is 47.4 Å². The van der Waals surface area contributed by atoms with E-state index in [1.807, 2.05) is 0 Å². The molecule has 3 N–H and O–H groups in total. The molecule has 0 aliphatic carbocycles. The molecule has 6 nitrogen and oxygen atoms in total. The smallest absolute Gasteiger partial charge is 0.305 e. The number of hydrogen-bond donors (Lipinski definition) is 3. The molecule has 0 aromatic heterocycles. The molecule has 0 saturated heterocycles. The van der Waals surface area contributed by atoms with Crippen LogP contribution in [0.15, 0.2) is 0 Å². The van der Waals surface area contributed by atoms with Crippen molar-refractivity contribution in [1.29, 1.82) is 0 Å². The number of rotatable bonds is 50. The molecule has 0 heterocycles. The lowest BCUT2D eigenvalue weighted by Crippen LogP contribution is -2.45. The van der Waals surface area contributed by atoms with E-state index in [2.05, 4.69) is 19.2 Å². The molecule has 0 fully saturated rings. The van der Waals surface area contributed by atoms with Gasteiger partial charge < -0.3 is 20.3 Å². The van der Waals surface area contributed by atoms with Gasteiger partial charge in [-0.15, -0.1) is 0 Å². The molecule has 1 amide bonds. The van der Waals surface area contributed by atoms with Crippen LogP contribution in [0.5, 0.6) is 0 Å². The maximum Gasteiger partial charge on any atom is 0.305 e. The summed E-state index contributed by atoms with van der Waals surface area (Å²) < 4.78 is 5.48. The van der Waals surface area contributed by atoms with E-state index in [0.29, 0.717) is 25.9 Å². The molecule has 0 saturated carbocycles. The Morgan fingerprint density at radius 1 is 0.407 bits per heavy atom. The van der Waals surface area contributed by atoms with Crippen LogP contribution in [0.3, 0.4) is 0 Å². The van der Waals surface area contributed by atoms with E-state index in [0.717, 1.165) is 38.5 Å². The van der Waals surface area contributed by atoms with Crippen molar-refractivity contribution in [3.63, 3.8) is 0 Å². The summed E-state index contributed by atoms with van der Waals surface area (Å²) in [6, 6.07) is -0.541. The molecule has 0 aromatic carbocycles. The molecule has 0 aliphatic heterocycles. The van der Waals surface area contributed by atoms with Gasteiger partial charge in [0, 0.05) is 12.8 Å². The Kier molecular flexibility index (Phi) is 48.6. The number of aliphatic hydroxyl groups is 2. The SMILES string of the molecule is CCCCCCCCCCCCCCCCCCC(=O)OCCCCCCCCCCCCCCCCCCCC(=O)NC(CO)C(O)CCCCCCCCCCC. The first-order valence-corrected chi connectivity index (χ1v) is 26.8. The number of esters is 1. The van der Waals surface area contributed by atoms with Gasteiger partial charge in [-0.1, -0.05) is 264 Å². The largest absolute Gasteiger partial charge is 0.466 e. The second kappa shape index (κ2) is 49.5. The minimum absolute atomic E-state index is 0.00911. The second-order valence-corrected chi connectivity index (χ2v) is 18.6. The Bertz CT molecular complexity index is 837. The van der Waals surface area contributed by atoms with Crippen molar-refractivity contribution in [2.24, 2.45) is 0 Å². The Hall–Kier alpha value is -1.14. The zero-order chi connectivity index (χ0) is 43.0. The minimum Gasteiger partial charge on any atom is -0.466 e. The maximum atomic E-state index is 12.4. The van der Waals surface area contributed by atoms with Crippen LogP contribution in [0.2, 0.25) is 0 Å². The first-order valence-electron chi connectivity index (χ1n) is 26.8. The quantitative estimate of drug-likeness (QED) is 0.0419. The van der Waals surface area contributed by atoms with Gasteiger partial charge in [-0.3, -0.25) is 9.59 Å². The molecule has 0 bridgehead atoms. The Morgan fingerprint density at radius 3 is 1.03 bits per heavy atom. The molecular formula is C53H105NO5. The molecular weight excluding hydrogens is 731 g/mol. The van der Waals surface area contributed by atoms with Gasteiger partial charge in [-0.05, 0) is 25.7 Å². The van der Waals surface area contributed by atoms with Gasteiger partial charge >= 0.3 is 5.97 Å². The molecule has 0 aliphatic rings. The van der Waals surface area contributed by atoms with Crippen LogP contribution in [-0.2, 0) is 14.3 Å². The summed E-state index contributed by atoms with van der Waals surface area (Å²) in [6.07, 6.45) is 55.2. The van der Waals surface area contributed by atoms with Gasteiger partial charge in [0.15, 0.2) is 0 Å². The lowest BCUT2D eigenvalue weighted by atomic mass is 10.0. The number of nitrogens with one attached hydrogen (secondary N) is 1. The monoisotopic (exact) mass is 836 g/mol. The van der Waals surface area contributed by atoms with Crippen molar-refractivity contribution < 1.29 is 24.5 Å². The lowest BCUT2D eigenvalue weighted by molar-refractivity contribution is -0.143. The van der Waals surface area contributed by atoms with E-state index in [9.17, 15) is 19.8 Å². The van der Waals surface area contributed by atoms with Crippen molar-refractivity contribution in [2.75, 3.05) is 13.2 Å². The van der Waals surface area contributed by atoms with Crippen LogP contribution in [0, 0.1) is 0 Å². The first kappa shape index (κ1) is 57.9. The predicted octanol–water partition coefficient (Wildman–Crippen LogP) is 16.0. The van der Waals surface area contributed by atoms with Crippen molar-refractivity contribution in [2.45, 2.75) is 315 Å². The molecule has 0 aromatic rings. The standard InChI is InChI=1S/C53H105NO5/c1-3-5-7-9-11-13-14-15-16-21-24-27-31-35-39-43-47-53(58)59-48-44-40-36-32-28-25-22-19-17-18-20-23-26-30-34-38-42-46-52(57)54-50(49-55)51(56)45-41-37-33-29-12-10-8-6-4-2/h50-51,55-56H,3-49H2,1-2H3,(H,54,57). The zero-order valence-corrected chi connectivity index (χ0v) is 40.0. The third-order valence-electron chi connectivity index (χ3n) is 12.7. The highest BCUT2D eigenvalue weighted by atomic mass is 16.5. The molecule has 352 valence electrons. The normalized spacial score (nSPS) is 12.5. The second-order valence-electron chi connectivity index (χ2n) is 18.6. The summed E-state index contributed by atoms with van der Waals surface area (Å²) in [6.45, 7) is 4.94. The van der Waals surface area contributed by atoms with Gasteiger partial charge in [-0.25, -0.2) is 0 Å². The number of amides is 1. The van der Waals surface area contributed by atoms with Crippen molar-refractivity contribution in [1.82, 2.24) is 5.32 Å². The molecule has 0 rings (SSSR count). The van der Waals surface area contributed by atoms with Crippen LogP contribution in [0.25, 0.3) is 0 Å². The van der Waals surface area contributed by atoms with Crippen molar-refractivity contribution in [3.8, 4) is 0 Å². The first-order chi connectivity index (χ1) is 29.0. The number of ether oxygens (including phenoxy) is 1. The summed E-state index contributed by atoms with van der Waals surface area (Å²) in [5.74, 6) is -0.0322. The van der Waals surface area contributed by atoms with Gasteiger partial charge in [0.2, 0.25) is 5.91 Å². The fraction of sp³-hybridized carbons (Fsp3) is 0.962. The zero-order valence-electron chi connectivity index (χ0n) is 40.0. The molecule has 0 spiro atoms. The Labute approximate surface area is 368 Å². The highest BCUT2D eigenvalue weighted by molar-refractivity contribution is 5.76. The number of hydrogen-bond acceptors (Lipinski definition) is 5. The summed E-state index contributed by atoms with van der Waals surface area (Å²) in [5, 5.41) is 23.1. The number of carbonyl (C=O) groups excluding carboxylic acids is 2. The van der Waals surface area contributed by atoms with E-state index in [4.69, 9.17) is 4.74 Å². The fourth-order valence-electron chi connectivity index (χ4n) is 8.52. The maximum absolute atomic E-state index is 12.4. The highest BCUT2D eigenvalue weighted by Crippen LogP contribution is 2.17. The van der Waals surface area contributed by atoms with Gasteiger partial charge in [0.05, 0.1) is 25.4 Å². The van der Waals surface area contributed by atoms with E-state index in [1.165, 1.54) is 231 Å². The molecule has 2 unspecified atom stereocenters. The van der Waals surface area contributed by atoms with Crippen molar-refractivity contribution in [3.05, 3.63) is 0 Å². The Balaban J connectivity index is 3.36. The molecule has 6 heteroatoms. The molecule has 0 radical (unpaired) electrons. The summed E-state index contributed by atoms with van der Waals surface area (Å²) in [5.41, 5.74) is 0. The van der Waals surface area contributed by atoms with Gasteiger partial charge in [0.25, 0.3) is 0 Å². The third kappa shape index (κ3) is 46.2. The minimum atomic E-state index is -0.664. The summed E-state index contributed by atoms with van der Waals surface area (Å²) >= 11 is 0. The summed E-state index contributed by atoms with van der Waals surface area (Å²) in [4.78, 5) is 24.4. The van der Waals surface area contributed by atoms with E-state index < -0.39 is 12.1 Å². The average Bonchev–Trinajstić information content (AvgIpc) is 3.24. The predicted molar refractivity (Wildman–Crippen MR) is 255 cm³/mol. The van der Waals surface area contributed by atoms with Gasteiger partial charge in [0.1, 0.15) is 0 Å². The van der Waals surface area contributed by atoms with Gasteiger partial charge in [-0.2, -0.15) is 0 Å².